The largest absolute Gasteiger partial charge is 0.394 e. The van der Waals surface area contributed by atoms with Crippen LogP contribution in [0.3, 0.4) is 0 Å². The van der Waals surface area contributed by atoms with E-state index in [2.05, 4.69) is 5.32 Å². The van der Waals surface area contributed by atoms with Crippen LogP contribution in [0.4, 0.5) is 14.5 Å². The lowest BCUT2D eigenvalue weighted by Crippen LogP contribution is -2.36. The van der Waals surface area contributed by atoms with Crippen molar-refractivity contribution in [1.29, 1.82) is 0 Å². The average Bonchev–Trinajstić information content (AvgIpc) is 2.44. The predicted molar refractivity (Wildman–Crippen MR) is 75.6 cm³/mol. The van der Waals surface area contributed by atoms with Crippen LogP contribution < -0.4 is 5.32 Å². The van der Waals surface area contributed by atoms with Gasteiger partial charge in [0, 0.05) is 5.69 Å². The maximum absolute atomic E-state index is 13.4. The molecule has 0 aromatic heterocycles. The van der Waals surface area contributed by atoms with Gasteiger partial charge in [0.2, 0.25) is 0 Å². The molecule has 0 aliphatic carbocycles. The van der Waals surface area contributed by atoms with Crippen molar-refractivity contribution in [2.45, 2.75) is 19.4 Å². The molecule has 0 aliphatic rings. The number of aryl methyl sites for hydroxylation is 1. The molecular weight excluding hydrogens is 260 g/mol. The second-order valence-electron chi connectivity index (χ2n) is 5.06. The fraction of sp³-hybridized carbons (Fsp3) is 0.250. The van der Waals surface area contributed by atoms with Gasteiger partial charge in [-0.2, -0.15) is 0 Å². The summed E-state index contributed by atoms with van der Waals surface area (Å²) in [6.07, 6.45) is 0. The number of halogens is 2. The SMILES string of the molecule is Cc1ccccc1NC(C)(CO)c1ccc(F)c(F)c1. The van der Waals surface area contributed by atoms with Crippen LogP contribution in [-0.2, 0) is 5.54 Å². The molecule has 1 atom stereocenters. The summed E-state index contributed by atoms with van der Waals surface area (Å²) in [5.41, 5.74) is 1.45. The van der Waals surface area contributed by atoms with Crippen LogP contribution in [0, 0.1) is 18.6 Å². The van der Waals surface area contributed by atoms with Gasteiger partial charge in [-0.1, -0.05) is 24.3 Å². The highest BCUT2D eigenvalue weighted by atomic mass is 19.2. The van der Waals surface area contributed by atoms with Gasteiger partial charge < -0.3 is 10.4 Å². The Bertz CT molecular complexity index is 615. The second-order valence-corrected chi connectivity index (χ2v) is 5.06. The van der Waals surface area contributed by atoms with Crippen molar-refractivity contribution < 1.29 is 13.9 Å². The zero-order valence-electron chi connectivity index (χ0n) is 11.5. The van der Waals surface area contributed by atoms with Crippen LogP contribution in [0.2, 0.25) is 0 Å². The maximum atomic E-state index is 13.4. The smallest absolute Gasteiger partial charge is 0.159 e. The molecule has 0 amide bonds. The molecule has 4 heteroatoms. The van der Waals surface area contributed by atoms with E-state index < -0.39 is 17.2 Å². The van der Waals surface area contributed by atoms with Gasteiger partial charge in [0.25, 0.3) is 0 Å². The highest BCUT2D eigenvalue weighted by Crippen LogP contribution is 2.28. The first-order valence-electron chi connectivity index (χ1n) is 6.36. The van der Waals surface area contributed by atoms with Crippen molar-refractivity contribution in [2.75, 3.05) is 11.9 Å². The summed E-state index contributed by atoms with van der Waals surface area (Å²) in [5.74, 6) is -1.82. The zero-order valence-corrected chi connectivity index (χ0v) is 11.5. The quantitative estimate of drug-likeness (QED) is 0.895. The molecule has 20 heavy (non-hydrogen) atoms. The van der Waals surface area contributed by atoms with E-state index >= 15 is 0 Å². The Hall–Kier alpha value is -1.94. The molecule has 2 rings (SSSR count). The molecule has 1 unspecified atom stereocenters. The van der Waals surface area contributed by atoms with E-state index in [0.717, 1.165) is 23.4 Å². The number of benzene rings is 2. The highest BCUT2D eigenvalue weighted by Gasteiger charge is 2.27. The van der Waals surface area contributed by atoms with Crippen molar-refractivity contribution in [2.24, 2.45) is 0 Å². The first-order chi connectivity index (χ1) is 9.46. The number of aliphatic hydroxyl groups is 1. The summed E-state index contributed by atoms with van der Waals surface area (Å²) in [4.78, 5) is 0. The Balaban J connectivity index is 2.38. The summed E-state index contributed by atoms with van der Waals surface area (Å²) in [7, 11) is 0. The summed E-state index contributed by atoms with van der Waals surface area (Å²) >= 11 is 0. The average molecular weight is 277 g/mol. The lowest BCUT2D eigenvalue weighted by molar-refractivity contribution is 0.223. The van der Waals surface area contributed by atoms with Crippen LogP contribution in [-0.4, -0.2) is 11.7 Å². The van der Waals surface area contributed by atoms with Crippen molar-refractivity contribution in [1.82, 2.24) is 0 Å². The summed E-state index contributed by atoms with van der Waals surface area (Å²) in [5, 5.41) is 12.9. The number of aliphatic hydroxyl groups excluding tert-OH is 1. The second kappa shape index (κ2) is 5.59. The molecule has 0 saturated carbocycles. The Morgan fingerprint density at radius 3 is 2.40 bits per heavy atom. The van der Waals surface area contributed by atoms with E-state index in [-0.39, 0.29) is 6.61 Å². The van der Waals surface area contributed by atoms with E-state index in [1.165, 1.54) is 6.07 Å². The minimum absolute atomic E-state index is 0.244. The monoisotopic (exact) mass is 277 g/mol. The first-order valence-corrected chi connectivity index (χ1v) is 6.36. The van der Waals surface area contributed by atoms with Gasteiger partial charge in [-0.15, -0.1) is 0 Å². The lowest BCUT2D eigenvalue weighted by Gasteiger charge is -2.31. The molecule has 2 nitrogen and oxygen atoms in total. The minimum atomic E-state index is -0.922. The maximum Gasteiger partial charge on any atom is 0.159 e. The topological polar surface area (TPSA) is 32.3 Å². The fourth-order valence-electron chi connectivity index (χ4n) is 2.05. The molecule has 0 bridgehead atoms. The number of hydrogen-bond donors (Lipinski definition) is 2. The van der Waals surface area contributed by atoms with E-state index in [0.29, 0.717) is 5.56 Å². The Kier molecular flexibility index (Phi) is 4.04. The van der Waals surface area contributed by atoms with E-state index in [1.807, 2.05) is 31.2 Å². The molecule has 2 aromatic carbocycles. The van der Waals surface area contributed by atoms with Crippen molar-refractivity contribution in [3.63, 3.8) is 0 Å². The molecule has 0 radical (unpaired) electrons. The van der Waals surface area contributed by atoms with Crippen LogP contribution in [0.1, 0.15) is 18.1 Å². The fourth-order valence-corrected chi connectivity index (χ4v) is 2.05. The minimum Gasteiger partial charge on any atom is -0.394 e. The van der Waals surface area contributed by atoms with Crippen LogP contribution in [0.15, 0.2) is 42.5 Å². The third kappa shape index (κ3) is 2.80. The Morgan fingerprint density at radius 2 is 1.80 bits per heavy atom. The van der Waals surface area contributed by atoms with Gasteiger partial charge >= 0.3 is 0 Å². The molecule has 0 fully saturated rings. The van der Waals surface area contributed by atoms with E-state index in [9.17, 15) is 13.9 Å². The van der Waals surface area contributed by atoms with Gasteiger partial charge in [-0.05, 0) is 43.2 Å². The van der Waals surface area contributed by atoms with Gasteiger partial charge in [0.1, 0.15) is 0 Å². The molecule has 2 aromatic rings. The summed E-state index contributed by atoms with van der Waals surface area (Å²) in [6, 6.07) is 11.2. The van der Waals surface area contributed by atoms with Gasteiger partial charge in [-0.25, -0.2) is 8.78 Å². The number of nitrogens with one attached hydrogen (secondary N) is 1. The third-order valence-electron chi connectivity index (χ3n) is 3.43. The highest BCUT2D eigenvalue weighted by molar-refractivity contribution is 5.53. The van der Waals surface area contributed by atoms with Crippen LogP contribution in [0.25, 0.3) is 0 Å². The molecule has 0 saturated heterocycles. The zero-order chi connectivity index (χ0) is 14.8. The Labute approximate surface area is 117 Å². The predicted octanol–water partition coefficient (Wildman–Crippen LogP) is 3.59. The molecule has 0 spiro atoms. The number of anilines is 1. The number of hydrogen-bond acceptors (Lipinski definition) is 2. The number of rotatable bonds is 4. The van der Waals surface area contributed by atoms with E-state index in [4.69, 9.17) is 0 Å². The van der Waals surface area contributed by atoms with Gasteiger partial charge in [0.05, 0.1) is 12.1 Å². The molecular formula is C16H17F2NO. The molecule has 0 aliphatic heterocycles. The van der Waals surface area contributed by atoms with Gasteiger partial charge in [-0.3, -0.25) is 0 Å². The lowest BCUT2D eigenvalue weighted by atomic mass is 9.92. The van der Waals surface area contributed by atoms with Crippen molar-refractivity contribution in [3.05, 3.63) is 65.2 Å². The van der Waals surface area contributed by atoms with Crippen LogP contribution in [0.5, 0.6) is 0 Å². The molecule has 2 N–H and O–H groups in total. The van der Waals surface area contributed by atoms with Crippen LogP contribution >= 0.6 is 0 Å². The molecule has 106 valence electrons. The number of para-hydroxylation sites is 1. The van der Waals surface area contributed by atoms with Crippen molar-refractivity contribution >= 4 is 5.69 Å². The molecule has 0 heterocycles. The van der Waals surface area contributed by atoms with Gasteiger partial charge in [0.15, 0.2) is 11.6 Å². The first kappa shape index (κ1) is 14.5. The summed E-state index contributed by atoms with van der Waals surface area (Å²) in [6.45, 7) is 3.43. The standard InChI is InChI=1S/C16H17F2NO/c1-11-5-3-4-6-15(11)19-16(2,10-20)12-7-8-13(17)14(18)9-12/h3-9,19-20H,10H2,1-2H3. The van der Waals surface area contributed by atoms with E-state index in [1.54, 1.807) is 6.92 Å². The normalized spacial score (nSPS) is 13.8. The van der Waals surface area contributed by atoms with Crippen molar-refractivity contribution in [3.8, 4) is 0 Å². The summed E-state index contributed by atoms with van der Waals surface area (Å²) < 4.78 is 26.4. The third-order valence-corrected chi connectivity index (χ3v) is 3.43. The Morgan fingerprint density at radius 1 is 1.10 bits per heavy atom.